The van der Waals surface area contributed by atoms with Crippen molar-refractivity contribution < 1.29 is 4.74 Å². The van der Waals surface area contributed by atoms with Gasteiger partial charge < -0.3 is 15.4 Å². The van der Waals surface area contributed by atoms with Gasteiger partial charge in [-0.25, -0.2) is 0 Å². The standard InChI is InChI=1S/C11H24N2O/c1-9(2)14-7-6-13(3)8-11(12)10-4-5-10/h9-11H,4-8,12H2,1-3H3. The van der Waals surface area contributed by atoms with Gasteiger partial charge in [0, 0.05) is 19.1 Å². The zero-order valence-corrected chi connectivity index (χ0v) is 9.70. The van der Waals surface area contributed by atoms with E-state index in [0.29, 0.717) is 12.1 Å². The number of likely N-dealkylation sites (N-methyl/N-ethyl adjacent to an activating group) is 1. The van der Waals surface area contributed by atoms with E-state index in [9.17, 15) is 0 Å². The Morgan fingerprint density at radius 2 is 2.07 bits per heavy atom. The summed E-state index contributed by atoms with van der Waals surface area (Å²) in [5.41, 5.74) is 6.03. The Kier molecular flexibility index (Phi) is 4.85. The second-order valence-corrected chi connectivity index (χ2v) is 4.68. The van der Waals surface area contributed by atoms with Crippen molar-refractivity contribution in [2.24, 2.45) is 11.7 Å². The van der Waals surface area contributed by atoms with E-state index >= 15 is 0 Å². The molecule has 0 saturated heterocycles. The molecule has 1 fully saturated rings. The highest BCUT2D eigenvalue weighted by molar-refractivity contribution is 4.85. The molecule has 14 heavy (non-hydrogen) atoms. The molecule has 0 bridgehead atoms. The summed E-state index contributed by atoms with van der Waals surface area (Å²) in [7, 11) is 2.12. The Hall–Kier alpha value is -0.120. The fourth-order valence-corrected chi connectivity index (χ4v) is 1.57. The maximum Gasteiger partial charge on any atom is 0.0596 e. The van der Waals surface area contributed by atoms with Crippen LogP contribution in [0.1, 0.15) is 26.7 Å². The van der Waals surface area contributed by atoms with Crippen molar-refractivity contribution in [3.8, 4) is 0 Å². The number of ether oxygens (including phenoxy) is 1. The van der Waals surface area contributed by atoms with E-state index < -0.39 is 0 Å². The van der Waals surface area contributed by atoms with Crippen molar-refractivity contribution in [3.05, 3.63) is 0 Å². The van der Waals surface area contributed by atoms with Crippen molar-refractivity contribution in [1.82, 2.24) is 4.90 Å². The normalized spacial score (nSPS) is 19.3. The van der Waals surface area contributed by atoms with Gasteiger partial charge in [0.25, 0.3) is 0 Å². The lowest BCUT2D eigenvalue weighted by molar-refractivity contribution is 0.0626. The second-order valence-electron chi connectivity index (χ2n) is 4.68. The zero-order chi connectivity index (χ0) is 10.6. The van der Waals surface area contributed by atoms with Crippen LogP contribution >= 0.6 is 0 Å². The van der Waals surface area contributed by atoms with E-state index in [4.69, 9.17) is 10.5 Å². The Bertz CT molecular complexity index is 157. The van der Waals surface area contributed by atoms with Gasteiger partial charge >= 0.3 is 0 Å². The Labute approximate surface area is 87.6 Å². The number of hydrogen-bond acceptors (Lipinski definition) is 3. The summed E-state index contributed by atoms with van der Waals surface area (Å²) in [6.07, 6.45) is 3.00. The van der Waals surface area contributed by atoms with Crippen molar-refractivity contribution in [2.75, 3.05) is 26.7 Å². The summed E-state index contributed by atoms with van der Waals surface area (Å²) >= 11 is 0. The molecule has 2 N–H and O–H groups in total. The van der Waals surface area contributed by atoms with Gasteiger partial charge in [0.15, 0.2) is 0 Å². The van der Waals surface area contributed by atoms with Crippen LogP contribution in [0, 0.1) is 5.92 Å². The topological polar surface area (TPSA) is 38.5 Å². The van der Waals surface area contributed by atoms with Crippen LogP contribution in [0.15, 0.2) is 0 Å². The second kappa shape index (κ2) is 5.69. The van der Waals surface area contributed by atoms with Crippen LogP contribution in [0.5, 0.6) is 0 Å². The molecule has 1 aliphatic carbocycles. The van der Waals surface area contributed by atoms with E-state index in [1.165, 1.54) is 12.8 Å². The Morgan fingerprint density at radius 3 is 2.57 bits per heavy atom. The molecule has 0 aromatic rings. The largest absolute Gasteiger partial charge is 0.377 e. The Balaban J connectivity index is 2.00. The molecule has 0 heterocycles. The minimum Gasteiger partial charge on any atom is -0.377 e. The van der Waals surface area contributed by atoms with Gasteiger partial charge in [0.1, 0.15) is 0 Å². The quantitative estimate of drug-likeness (QED) is 0.668. The van der Waals surface area contributed by atoms with E-state index in [1.54, 1.807) is 0 Å². The average Bonchev–Trinajstić information content (AvgIpc) is 2.84. The van der Waals surface area contributed by atoms with Gasteiger partial charge in [-0.2, -0.15) is 0 Å². The Morgan fingerprint density at radius 1 is 1.43 bits per heavy atom. The highest BCUT2D eigenvalue weighted by Crippen LogP contribution is 2.31. The van der Waals surface area contributed by atoms with Gasteiger partial charge in [0.05, 0.1) is 12.7 Å². The average molecular weight is 200 g/mol. The maximum atomic E-state index is 6.03. The third kappa shape index (κ3) is 4.94. The molecule has 0 spiro atoms. The van der Waals surface area contributed by atoms with E-state index in [2.05, 4.69) is 25.8 Å². The lowest BCUT2D eigenvalue weighted by Crippen LogP contribution is -2.38. The molecule has 3 heteroatoms. The number of nitrogens with zero attached hydrogens (tertiary/aromatic N) is 1. The molecule has 0 aromatic heterocycles. The van der Waals surface area contributed by atoms with Gasteiger partial charge in [-0.1, -0.05) is 0 Å². The predicted octanol–water partition coefficient (Wildman–Crippen LogP) is 1.08. The summed E-state index contributed by atoms with van der Waals surface area (Å²) in [6, 6.07) is 0.374. The highest BCUT2D eigenvalue weighted by Gasteiger charge is 2.28. The molecule has 0 radical (unpaired) electrons. The summed E-state index contributed by atoms with van der Waals surface area (Å²) in [5.74, 6) is 0.795. The number of rotatable bonds is 7. The maximum absolute atomic E-state index is 6.03. The smallest absolute Gasteiger partial charge is 0.0596 e. The van der Waals surface area contributed by atoms with E-state index in [-0.39, 0.29) is 0 Å². The summed E-state index contributed by atoms with van der Waals surface area (Å²) in [5, 5.41) is 0. The SMILES string of the molecule is CC(C)OCCN(C)CC(N)C1CC1. The molecule has 1 rings (SSSR count). The van der Waals surface area contributed by atoms with Crippen molar-refractivity contribution in [2.45, 2.75) is 38.8 Å². The zero-order valence-electron chi connectivity index (χ0n) is 9.70. The minimum atomic E-state index is 0.334. The molecule has 0 amide bonds. The number of nitrogens with two attached hydrogens (primary N) is 1. The van der Waals surface area contributed by atoms with Crippen molar-refractivity contribution >= 4 is 0 Å². The molecule has 1 atom stereocenters. The summed E-state index contributed by atoms with van der Waals surface area (Å²) in [6.45, 7) is 6.93. The molecule has 84 valence electrons. The molecule has 1 unspecified atom stereocenters. The van der Waals surface area contributed by atoms with Crippen LogP contribution < -0.4 is 5.73 Å². The summed E-state index contributed by atoms with van der Waals surface area (Å²) < 4.78 is 5.49. The van der Waals surface area contributed by atoms with Gasteiger partial charge in [-0.05, 0) is 39.7 Å². The van der Waals surface area contributed by atoms with E-state index in [0.717, 1.165) is 25.6 Å². The third-order valence-electron chi connectivity index (χ3n) is 2.67. The van der Waals surface area contributed by atoms with Crippen LogP contribution in [0.2, 0.25) is 0 Å². The van der Waals surface area contributed by atoms with Gasteiger partial charge in [-0.15, -0.1) is 0 Å². The van der Waals surface area contributed by atoms with Crippen LogP contribution in [0.3, 0.4) is 0 Å². The number of hydrogen-bond donors (Lipinski definition) is 1. The van der Waals surface area contributed by atoms with Gasteiger partial charge in [0.2, 0.25) is 0 Å². The predicted molar refractivity (Wildman–Crippen MR) is 59.3 cm³/mol. The lowest BCUT2D eigenvalue weighted by atomic mass is 10.2. The highest BCUT2D eigenvalue weighted by atomic mass is 16.5. The minimum absolute atomic E-state index is 0.334. The molecule has 1 saturated carbocycles. The van der Waals surface area contributed by atoms with Crippen LogP contribution in [0.4, 0.5) is 0 Å². The molecule has 3 nitrogen and oxygen atoms in total. The first-order valence-corrected chi connectivity index (χ1v) is 5.65. The van der Waals surface area contributed by atoms with Crippen LogP contribution in [0.25, 0.3) is 0 Å². The monoisotopic (exact) mass is 200 g/mol. The molecule has 1 aliphatic rings. The third-order valence-corrected chi connectivity index (χ3v) is 2.67. The molecule has 0 aromatic carbocycles. The summed E-state index contributed by atoms with van der Waals surface area (Å²) in [4.78, 5) is 2.27. The molecular weight excluding hydrogens is 176 g/mol. The van der Waals surface area contributed by atoms with Gasteiger partial charge in [-0.3, -0.25) is 0 Å². The lowest BCUT2D eigenvalue weighted by Gasteiger charge is -2.21. The first kappa shape index (κ1) is 12.0. The van der Waals surface area contributed by atoms with Crippen molar-refractivity contribution in [3.63, 3.8) is 0 Å². The van der Waals surface area contributed by atoms with Crippen LogP contribution in [-0.4, -0.2) is 43.8 Å². The van der Waals surface area contributed by atoms with E-state index in [1.807, 2.05) is 0 Å². The molecule has 0 aliphatic heterocycles. The fraction of sp³-hybridized carbons (Fsp3) is 1.00. The fourth-order valence-electron chi connectivity index (χ4n) is 1.57. The van der Waals surface area contributed by atoms with Crippen molar-refractivity contribution in [1.29, 1.82) is 0 Å². The first-order valence-electron chi connectivity index (χ1n) is 5.65. The van der Waals surface area contributed by atoms with Crippen LogP contribution in [-0.2, 0) is 4.74 Å². The first-order chi connectivity index (χ1) is 6.59. The molecular formula is C11H24N2O.